The highest BCUT2D eigenvalue weighted by Crippen LogP contribution is 2.51. The smallest absolute Gasteiger partial charge is 0.263 e. The van der Waals surface area contributed by atoms with Crippen molar-refractivity contribution in [3.63, 3.8) is 0 Å². The lowest BCUT2D eigenvalue weighted by Gasteiger charge is -2.43. The van der Waals surface area contributed by atoms with Gasteiger partial charge in [0.1, 0.15) is 0 Å². The molecule has 5 heteroatoms. The highest BCUT2D eigenvalue weighted by molar-refractivity contribution is 6.12. The number of aromatic amines is 1. The lowest BCUT2D eigenvalue weighted by Crippen LogP contribution is -2.58. The minimum atomic E-state index is -1.11. The third-order valence-corrected chi connectivity index (χ3v) is 6.06. The fourth-order valence-electron chi connectivity index (χ4n) is 4.89. The molecule has 1 aromatic heterocycles. The number of nitrogens with one attached hydrogen (secondary N) is 1. The van der Waals surface area contributed by atoms with E-state index in [4.69, 9.17) is 0 Å². The predicted octanol–water partition coefficient (Wildman–Crippen LogP) is 3.10. The molecule has 0 aliphatic carbocycles. The van der Waals surface area contributed by atoms with Crippen LogP contribution in [0.1, 0.15) is 29.3 Å². The summed E-state index contributed by atoms with van der Waals surface area (Å²) in [5.74, 6) is -0.169. The van der Waals surface area contributed by atoms with E-state index in [9.17, 15) is 9.59 Å². The standard InChI is InChI=1S/C22H21N3O2/c1-13-8-9-18-16(12-13)15-10-11-25(14(2)26)22(20(15)23-18)17-6-4-5-7-19(17)24(3)21(22)27/h4-9,12,23H,10-11H2,1-3H3/t22-/m0/s1. The molecule has 1 atom stereocenters. The Morgan fingerprint density at radius 1 is 1.19 bits per heavy atom. The second-order valence-corrected chi connectivity index (χ2v) is 7.54. The number of benzene rings is 2. The van der Waals surface area contributed by atoms with Crippen LogP contribution in [0.15, 0.2) is 42.5 Å². The maximum absolute atomic E-state index is 13.7. The van der Waals surface area contributed by atoms with Crippen LogP contribution < -0.4 is 4.90 Å². The van der Waals surface area contributed by atoms with Crippen molar-refractivity contribution in [1.82, 2.24) is 9.88 Å². The van der Waals surface area contributed by atoms with Crippen LogP contribution in [0.3, 0.4) is 0 Å². The number of anilines is 1. The number of carbonyl (C=O) groups excluding carboxylic acids is 2. The summed E-state index contributed by atoms with van der Waals surface area (Å²) in [6.07, 6.45) is 0.735. The molecule has 3 aromatic rings. The lowest BCUT2D eigenvalue weighted by atomic mass is 9.79. The van der Waals surface area contributed by atoms with Gasteiger partial charge in [0.25, 0.3) is 5.91 Å². The van der Waals surface area contributed by atoms with Gasteiger partial charge in [-0.05, 0) is 37.1 Å². The molecule has 5 nitrogen and oxygen atoms in total. The number of para-hydroxylation sites is 1. The molecule has 1 N–H and O–H groups in total. The zero-order valence-electron chi connectivity index (χ0n) is 15.7. The van der Waals surface area contributed by atoms with Gasteiger partial charge >= 0.3 is 0 Å². The third-order valence-electron chi connectivity index (χ3n) is 6.06. The summed E-state index contributed by atoms with van der Waals surface area (Å²) in [5, 5.41) is 1.15. The molecule has 136 valence electrons. The first-order valence-electron chi connectivity index (χ1n) is 9.24. The predicted molar refractivity (Wildman–Crippen MR) is 105 cm³/mol. The summed E-state index contributed by atoms with van der Waals surface area (Å²) in [4.78, 5) is 33.2. The fraction of sp³-hybridized carbons (Fsp3) is 0.273. The SMILES string of the molecule is CC(=O)N1CCc2c([nH]c3ccc(C)cc23)[C@@]12C(=O)N(C)c1ccccc12. The van der Waals surface area contributed by atoms with Crippen LogP contribution in [0.25, 0.3) is 10.9 Å². The topological polar surface area (TPSA) is 56.4 Å². The molecule has 2 aliphatic rings. The van der Waals surface area contributed by atoms with Gasteiger partial charge in [-0.2, -0.15) is 0 Å². The molecule has 0 unspecified atom stereocenters. The van der Waals surface area contributed by atoms with Crippen molar-refractivity contribution in [2.45, 2.75) is 25.8 Å². The summed E-state index contributed by atoms with van der Waals surface area (Å²) in [6.45, 7) is 4.15. The van der Waals surface area contributed by atoms with E-state index < -0.39 is 5.54 Å². The summed E-state index contributed by atoms with van der Waals surface area (Å²) in [5.41, 5.74) is 4.79. The van der Waals surface area contributed by atoms with Crippen LogP contribution in [-0.2, 0) is 21.5 Å². The Labute approximate surface area is 157 Å². The Morgan fingerprint density at radius 3 is 2.74 bits per heavy atom. The van der Waals surface area contributed by atoms with E-state index in [1.807, 2.05) is 24.3 Å². The second kappa shape index (κ2) is 5.22. The average Bonchev–Trinajstić information content (AvgIpc) is 3.13. The number of rotatable bonds is 0. The number of hydrogen-bond donors (Lipinski definition) is 1. The van der Waals surface area contributed by atoms with E-state index in [-0.39, 0.29) is 11.8 Å². The molecule has 1 spiro atoms. The average molecular weight is 359 g/mol. The molecule has 0 bridgehead atoms. The minimum absolute atomic E-state index is 0.0804. The van der Waals surface area contributed by atoms with E-state index >= 15 is 0 Å². The van der Waals surface area contributed by atoms with Gasteiger partial charge in [0, 0.05) is 42.7 Å². The van der Waals surface area contributed by atoms with Gasteiger partial charge in [-0.3, -0.25) is 9.59 Å². The number of hydrogen-bond acceptors (Lipinski definition) is 2. The number of amides is 2. The molecule has 0 radical (unpaired) electrons. The van der Waals surface area contributed by atoms with Crippen LogP contribution in [0.4, 0.5) is 5.69 Å². The van der Waals surface area contributed by atoms with Crippen LogP contribution in [0.5, 0.6) is 0 Å². The summed E-state index contributed by atoms with van der Waals surface area (Å²) in [7, 11) is 1.79. The van der Waals surface area contributed by atoms with Crippen molar-refractivity contribution < 1.29 is 9.59 Å². The molecule has 2 aromatic carbocycles. The molecule has 2 aliphatic heterocycles. The Hall–Kier alpha value is -3.08. The first-order valence-corrected chi connectivity index (χ1v) is 9.24. The van der Waals surface area contributed by atoms with Crippen molar-refractivity contribution in [1.29, 1.82) is 0 Å². The fourth-order valence-corrected chi connectivity index (χ4v) is 4.89. The van der Waals surface area contributed by atoms with Gasteiger partial charge in [-0.25, -0.2) is 0 Å². The summed E-state index contributed by atoms with van der Waals surface area (Å²) in [6, 6.07) is 14.1. The van der Waals surface area contributed by atoms with Crippen LogP contribution >= 0.6 is 0 Å². The van der Waals surface area contributed by atoms with Gasteiger partial charge < -0.3 is 14.8 Å². The van der Waals surface area contributed by atoms with Crippen LogP contribution in [0, 0.1) is 6.92 Å². The van der Waals surface area contributed by atoms with Crippen molar-refractivity contribution in [3.05, 3.63) is 64.8 Å². The molecule has 3 heterocycles. The largest absolute Gasteiger partial charge is 0.355 e. The van der Waals surface area contributed by atoms with Crippen molar-refractivity contribution in [3.8, 4) is 0 Å². The van der Waals surface area contributed by atoms with E-state index in [1.54, 1.807) is 23.8 Å². The van der Waals surface area contributed by atoms with Crippen molar-refractivity contribution in [2.24, 2.45) is 0 Å². The Balaban J connectivity index is 1.92. The monoisotopic (exact) mass is 359 g/mol. The molecular formula is C22H21N3O2. The summed E-state index contributed by atoms with van der Waals surface area (Å²) >= 11 is 0. The Bertz CT molecular complexity index is 1130. The quantitative estimate of drug-likeness (QED) is 0.671. The van der Waals surface area contributed by atoms with E-state index in [0.29, 0.717) is 6.54 Å². The molecule has 5 rings (SSSR count). The highest BCUT2D eigenvalue weighted by Gasteiger charge is 2.59. The first-order chi connectivity index (χ1) is 13.0. The molecule has 27 heavy (non-hydrogen) atoms. The molecule has 0 saturated heterocycles. The van der Waals surface area contributed by atoms with Gasteiger partial charge in [0.05, 0.1) is 5.69 Å². The van der Waals surface area contributed by atoms with Crippen molar-refractivity contribution >= 4 is 28.4 Å². The molecule has 0 fully saturated rings. The van der Waals surface area contributed by atoms with Gasteiger partial charge in [-0.1, -0.05) is 29.8 Å². The first kappa shape index (κ1) is 16.1. The number of fused-ring (bicyclic) bond motifs is 6. The number of aryl methyl sites for hydroxylation is 1. The van der Waals surface area contributed by atoms with E-state index in [2.05, 4.69) is 30.1 Å². The lowest BCUT2D eigenvalue weighted by molar-refractivity contribution is -0.143. The molecule has 0 saturated carbocycles. The van der Waals surface area contributed by atoms with Crippen molar-refractivity contribution in [2.75, 3.05) is 18.5 Å². The van der Waals surface area contributed by atoms with Gasteiger partial charge in [0.15, 0.2) is 5.54 Å². The van der Waals surface area contributed by atoms with Gasteiger partial charge in [0.2, 0.25) is 5.91 Å². The van der Waals surface area contributed by atoms with E-state index in [0.717, 1.165) is 39.8 Å². The maximum atomic E-state index is 13.7. The second-order valence-electron chi connectivity index (χ2n) is 7.54. The van der Waals surface area contributed by atoms with Crippen LogP contribution in [0.2, 0.25) is 0 Å². The number of likely N-dealkylation sites (N-methyl/N-ethyl adjacent to an activating group) is 1. The number of carbonyl (C=O) groups is 2. The highest BCUT2D eigenvalue weighted by atomic mass is 16.2. The summed E-state index contributed by atoms with van der Waals surface area (Å²) < 4.78 is 0. The number of aromatic nitrogens is 1. The Kier molecular flexibility index (Phi) is 3.12. The Morgan fingerprint density at radius 2 is 1.96 bits per heavy atom. The number of nitrogens with zero attached hydrogens (tertiary/aromatic N) is 2. The molecular weight excluding hydrogens is 338 g/mol. The normalized spacial score (nSPS) is 21.1. The maximum Gasteiger partial charge on any atom is 0.263 e. The van der Waals surface area contributed by atoms with E-state index in [1.165, 1.54) is 5.56 Å². The molecule has 2 amide bonds. The number of H-pyrrole nitrogens is 1. The van der Waals surface area contributed by atoms with Crippen LogP contribution in [-0.4, -0.2) is 35.3 Å². The zero-order valence-corrected chi connectivity index (χ0v) is 15.7. The third kappa shape index (κ3) is 1.84. The van der Waals surface area contributed by atoms with Gasteiger partial charge in [-0.15, -0.1) is 0 Å². The zero-order chi connectivity index (χ0) is 18.9. The minimum Gasteiger partial charge on any atom is -0.355 e.